The van der Waals surface area contributed by atoms with E-state index in [0.717, 1.165) is 45.1 Å². The zero-order valence-electron chi connectivity index (χ0n) is 15.4. The summed E-state index contributed by atoms with van der Waals surface area (Å²) in [6.07, 6.45) is 4.99. The van der Waals surface area contributed by atoms with E-state index in [-0.39, 0.29) is 6.10 Å². The maximum atomic E-state index is 10.3. The Morgan fingerprint density at radius 3 is 2.80 bits per heavy atom. The number of β-amino-alcohol motifs (C(OH)–C–C–N with tert-alkyl or cyclic N) is 1. The van der Waals surface area contributed by atoms with Crippen molar-refractivity contribution in [1.82, 2.24) is 9.80 Å². The summed E-state index contributed by atoms with van der Waals surface area (Å²) >= 11 is 0. The second-order valence-corrected chi connectivity index (χ2v) is 7.44. The second-order valence-electron chi connectivity index (χ2n) is 7.44. The zero-order chi connectivity index (χ0) is 17.5. The van der Waals surface area contributed by atoms with Crippen molar-refractivity contribution in [2.45, 2.75) is 44.4 Å². The molecule has 1 aliphatic heterocycles. The van der Waals surface area contributed by atoms with Gasteiger partial charge >= 0.3 is 0 Å². The van der Waals surface area contributed by atoms with Crippen LogP contribution in [0.5, 0.6) is 5.75 Å². The minimum Gasteiger partial charge on any atom is -0.490 e. The lowest BCUT2D eigenvalue weighted by Gasteiger charge is -2.30. The number of hydrogen-bond donors (Lipinski definition) is 1. The van der Waals surface area contributed by atoms with E-state index in [2.05, 4.69) is 41.1 Å². The average Bonchev–Trinajstić information content (AvgIpc) is 3.08. The van der Waals surface area contributed by atoms with Crippen molar-refractivity contribution in [1.29, 1.82) is 0 Å². The van der Waals surface area contributed by atoms with E-state index in [0.29, 0.717) is 12.6 Å². The summed E-state index contributed by atoms with van der Waals surface area (Å²) in [5.41, 5.74) is 1.23. The maximum absolute atomic E-state index is 10.3. The minimum absolute atomic E-state index is 0.332. The first-order chi connectivity index (χ1) is 12.2. The van der Waals surface area contributed by atoms with Gasteiger partial charge in [0, 0.05) is 32.7 Å². The molecule has 1 aromatic carbocycles. The first-order valence-electron chi connectivity index (χ1n) is 9.61. The fourth-order valence-corrected chi connectivity index (χ4v) is 3.79. The minimum atomic E-state index is -0.332. The summed E-state index contributed by atoms with van der Waals surface area (Å²) in [5, 5.41) is 10.3. The number of aliphatic hydroxyl groups excluding tert-OH is 1. The Morgan fingerprint density at radius 2 is 2.04 bits per heavy atom. The Bertz CT molecular complexity index is 513. The molecule has 3 rings (SSSR count). The van der Waals surface area contributed by atoms with Crippen LogP contribution in [0.3, 0.4) is 0 Å². The molecule has 1 atom stereocenters. The molecule has 1 N–H and O–H groups in total. The summed E-state index contributed by atoms with van der Waals surface area (Å²) in [5.74, 6) is 0.978. The second kappa shape index (κ2) is 9.53. The summed E-state index contributed by atoms with van der Waals surface area (Å²) in [4.78, 5) is 4.46. The van der Waals surface area contributed by atoms with Crippen molar-refractivity contribution in [3.63, 3.8) is 0 Å². The molecule has 0 amide bonds. The highest BCUT2D eigenvalue weighted by molar-refractivity contribution is 5.28. The van der Waals surface area contributed by atoms with Gasteiger partial charge in [-0.15, -0.1) is 0 Å². The Hall–Kier alpha value is -1.14. The molecule has 1 saturated heterocycles. The summed E-state index contributed by atoms with van der Waals surface area (Å²) in [7, 11) is 2.06. The van der Waals surface area contributed by atoms with Crippen LogP contribution in [0.2, 0.25) is 0 Å². The Kier molecular flexibility index (Phi) is 7.11. The lowest BCUT2D eigenvalue weighted by molar-refractivity contribution is 0.00825. The molecule has 5 heteroatoms. The molecule has 2 aliphatic rings. The number of aliphatic hydroxyl groups is 1. The van der Waals surface area contributed by atoms with E-state index in [1.165, 1.54) is 31.2 Å². The van der Waals surface area contributed by atoms with Crippen molar-refractivity contribution < 1.29 is 14.6 Å². The highest BCUT2D eigenvalue weighted by atomic mass is 16.5. The summed E-state index contributed by atoms with van der Waals surface area (Å²) < 4.78 is 11.4. The van der Waals surface area contributed by atoms with Gasteiger partial charge in [-0.05, 0) is 50.4 Å². The topological polar surface area (TPSA) is 45.2 Å². The number of benzene rings is 1. The number of morpholine rings is 1. The lowest BCUT2D eigenvalue weighted by atomic mass is 10.2. The van der Waals surface area contributed by atoms with Crippen LogP contribution < -0.4 is 4.74 Å². The van der Waals surface area contributed by atoms with Gasteiger partial charge in [-0.3, -0.25) is 9.80 Å². The van der Waals surface area contributed by atoms with Gasteiger partial charge in [0.25, 0.3) is 0 Å². The van der Waals surface area contributed by atoms with Crippen molar-refractivity contribution in [2.75, 3.05) is 46.4 Å². The monoisotopic (exact) mass is 348 g/mol. The van der Waals surface area contributed by atoms with Crippen LogP contribution in [-0.2, 0) is 11.3 Å². The first-order valence-corrected chi connectivity index (χ1v) is 9.61. The van der Waals surface area contributed by atoms with Gasteiger partial charge < -0.3 is 14.6 Å². The van der Waals surface area contributed by atoms with Crippen LogP contribution in [0.25, 0.3) is 0 Å². The van der Waals surface area contributed by atoms with Crippen LogP contribution >= 0.6 is 0 Å². The fraction of sp³-hybridized carbons (Fsp3) is 0.700. The van der Waals surface area contributed by atoms with Crippen LogP contribution in [0.15, 0.2) is 24.3 Å². The van der Waals surface area contributed by atoms with Gasteiger partial charge in [0.1, 0.15) is 5.75 Å². The molecule has 0 aromatic heterocycles. The molecule has 0 spiro atoms. The standard InChI is InChI=1S/C20H32N2O3/c1-21(15-18(23)16-22-9-11-24-12-10-22)14-17-5-4-8-20(13-17)25-19-6-2-3-7-19/h4-5,8,13,18-19,23H,2-3,6-7,9-12,14-16H2,1H3. The molecule has 1 heterocycles. The predicted molar refractivity (Wildman–Crippen MR) is 98.9 cm³/mol. The van der Waals surface area contributed by atoms with Crippen molar-refractivity contribution in [3.8, 4) is 5.75 Å². The number of rotatable bonds is 8. The van der Waals surface area contributed by atoms with E-state index in [4.69, 9.17) is 9.47 Å². The summed E-state index contributed by atoms with van der Waals surface area (Å²) in [6.45, 7) is 5.60. The van der Waals surface area contributed by atoms with E-state index >= 15 is 0 Å². The number of hydrogen-bond acceptors (Lipinski definition) is 5. The molecule has 1 aliphatic carbocycles. The third-order valence-electron chi connectivity index (χ3n) is 5.05. The molecule has 1 aromatic rings. The van der Waals surface area contributed by atoms with Gasteiger partial charge in [0.05, 0.1) is 25.4 Å². The smallest absolute Gasteiger partial charge is 0.120 e. The fourth-order valence-electron chi connectivity index (χ4n) is 3.79. The van der Waals surface area contributed by atoms with Gasteiger partial charge in [-0.25, -0.2) is 0 Å². The highest BCUT2D eigenvalue weighted by Crippen LogP contribution is 2.24. The van der Waals surface area contributed by atoms with Crippen molar-refractivity contribution in [3.05, 3.63) is 29.8 Å². The maximum Gasteiger partial charge on any atom is 0.120 e. The predicted octanol–water partition coefficient (Wildman–Crippen LogP) is 2.13. The molecule has 1 saturated carbocycles. The van der Waals surface area contributed by atoms with Gasteiger partial charge in [-0.2, -0.15) is 0 Å². The van der Waals surface area contributed by atoms with E-state index in [1.807, 2.05) is 0 Å². The van der Waals surface area contributed by atoms with E-state index in [1.54, 1.807) is 0 Å². The molecular formula is C20H32N2O3. The molecule has 2 fully saturated rings. The molecule has 25 heavy (non-hydrogen) atoms. The van der Waals surface area contributed by atoms with Gasteiger partial charge in [0.15, 0.2) is 0 Å². The van der Waals surface area contributed by atoms with Crippen molar-refractivity contribution in [2.24, 2.45) is 0 Å². The molecule has 1 unspecified atom stereocenters. The Labute approximate surface area is 151 Å². The van der Waals surface area contributed by atoms with E-state index in [9.17, 15) is 5.11 Å². The summed E-state index contributed by atoms with van der Waals surface area (Å²) in [6, 6.07) is 8.39. The van der Waals surface area contributed by atoms with Crippen molar-refractivity contribution >= 4 is 0 Å². The third kappa shape index (κ3) is 6.26. The third-order valence-corrected chi connectivity index (χ3v) is 5.05. The lowest BCUT2D eigenvalue weighted by Crippen LogP contribution is -2.43. The molecule has 5 nitrogen and oxygen atoms in total. The number of nitrogens with zero attached hydrogens (tertiary/aromatic N) is 2. The molecular weight excluding hydrogens is 316 g/mol. The molecule has 0 bridgehead atoms. The van der Waals surface area contributed by atoms with Gasteiger partial charge in [-0.1, -0.05) is 12.1 Å². The van der Waals surface area contributed by atoms with Gasteiger partial charge in [0.2, 0.25) is 0 Å². The SMILES string of the molecule is CN(Cc1cccc(OC2CCCC2)c1)CC(O)CN1CCOCC1. The Balaban J connectivity index is 1.44. The van der Waals surface area contributed by atoms with Crippen LogP contribution in [0, 0.1) is 0 Å². The normalized spacial score (nSPS) is 20.9. The quantitative estimate of drug-likeness (QED) is 0.780. The van der Waals surface area contributed by atoms with Crippen LogP contribution in [0.4, 0.5) is 0 Å². The first kappa shape index (κ1) is 18.6. The number of ether oxygens (including phenoxy) is 2. The number of likely N-dealkylation sites (N-methyl/N-ethyl adjacent to an activating group) is 1. The van der Waals surface area contributed by atoms with Crippen LogP contribution in [0.1, 0.15) is 31.2 Å². The average molecular weight is 348 g/mol. The van der Waals surface area contributed by atoms with E-state index < -0.39 is 0 Å². The zero-order valence-corrected chi connectivity index (χ0v) is 15.4. The highest BCUT2D eigenvalue weighted by Gasteiger charge is 2.18. The molecule has 0 radical (unpaired) electrons. The molecule has 140 valence electrons. The Morgan fingerprint density at radius 1 is 1.28 bits per heavy atom. The van der Waals surface area contributed by atoms with Crippen LogP contribution in [-0.4, -0.2) is 73.6 Å². The largest absolute Gasteiger partial charge is 0.490 e.